The minimum atomic E-state index is -4.42. The van der Waals surface area contributed by atoms with Crippen LogP contribution in [0.25, 0.3) is 0 Å². The van der Waals surface area contributed by atoms with Crippen molar-refractivity contribution < 1.29 is 18.0 Å². The maximum absolute atomic E-state index is 12.7. The lowest BCUT2D eigenvalue weighted by Gasteiger charge is -2.15. The van der Waals surface area contributed by atoms with Gasteiger partial charge < -0.3 is 16.0 Å². The lowest BCUT2D eigenvalue weighted by molar-refractivity contribution is -0.137. The highest BCUT2D eigenvalue weighted by atomic mass is 19.4. The lowest BCUT2D eigenvalue weighted by Crippen LogP contribution is -2.37. The average molecular weight is 370 g/mol. The van der Waals surface area contributed by atoms with Crippen LogP contribution in [0, 0.1) is 0 Å². The molecule has 5 N–H and O–H groups in total. The molecule has 0 bridgehead atoms. The highest BCUT2D eigenvalue weighted by Gasteiger charge is 2.30. The Morgan fingerprint density at radius 1 is 1.27 bits per heavy atom. The first-order valence-electron chi connectivity index (χ1n) is 7.67. The Morgan fingerprint density at radius 3 is 2.62 bits per heavy atom. The minimum absolute atomic E-state index is 0.298. The molecule has 0 saturated heterocycles. The van der Waals surface area contributed by atoms with Gasteiger partial charge in [-0.2, -0.15) is 13.2 Å². The van der Waals surface area contributed by atoms with Gasteiger partial charge in [-0.3, -0.25) is 14.6 Å². The molecular weight excluding hydrogens is 353 g/mol. The van der Waals surface area contributed by atoms with Gasteiger partial charge in [0.25, 0.3) is 11.5 Å². The molecule has 140 valence electrons. The molecular formula is C16H17F3N4O3. The molecule has 0 spiro atoms. The number of aromatic nitrogens is 2. The molecule has 0 saturated carbocycles. The number of alkyl halides is 3. The first kappa shape index (κ1) is 19.3. The van der Waals surface area contributed by atoms with Crippen molar-refractivity contribution in [3.05, 3.63) is 61.9 Å². The van der Waals surface area contributed by atoms with Crippen molar-refractivity contribution >= 4 is 11.6 Å². The number of amides is 1. The molecule has 1 unspecified atom stereocenters. The van der Waals surface area contributed by atoms with Crippen LogP contribution in [0.1, 0.15) is 35.0 Å². The molecule has 0 aliphatic carbocycles. The number of hydrogen-bond donors (Lipinski definition) is 4. The molecule has 1 amide bonds. The zero-order valence-electron chi connectivity index (χ0n) is 13.7. The second-order valence-corrected chi connectivity index (χ2v) is 5.81. The maximum atomic E-state index is 12.7. The van der Waals surface area contributed by atoms with Crippen molar-refractivity contribution in [1.29, 1.82) is 0 Å². The van der Waals surface area contributed by atoms with E-state index in [1.165, 1.54) is 6.07 Å². The zero-order valence-corrected chi connectivity index (χ0v) is 13.7. The molecule has 0 fully saturated rings. The van der Waals surface area contributed by atoms with Crippen LogP contribution in [-0.2, 0) is 12.6 Å². The van der Waals surface area contributed by atoms with Crippen LogP contribution >= 0.6 is 0 Å². The number of hydrogen-bond acceptors (Lipinski definition) is 4. The summed E-state index contributed by atoms with van der Waals surface area (Å²) in [7, 11) is 0. The predicted octanol–water partition coefficient (Wildman–Crippen LogP) is 1.42. The van der Waals surface area contributed by atoms with Crippen LogP contribution in [0.5, 0.6) is 0 Å². The Morgan fingerprint density at radius 2 is 1.96 bits per heavy atom. The monoisotopic (exact) mass is 370 g/mol. The number of rotatable bonds is 5. The fraction of sp³-hybridized carbons (Fsp3) is 0.312. The Kier molecular flexibility index (Phi) is 5.53. The van der Waals surface area contributed by atoms with Crippen LogP contribution in [-0.4, -0.2) is 21.9 Å². The summed E-state index contributed by atoms with van der Waals surface area (Å²) in [5.74, 6) is -0.748. The van der Waals surface area contributed by atoms with E-state index in [4.69, 9.17) is 5.73 Å². The van der Waals surface area contributed by atoms with E-state index in [2.05, 4.69) is 10.3 Å². The number of anilines is 1. The van der Waals surface area contributed by atoms with Gasteiger partial charge in [0.15, 0.2) is 0 Å². The van der Waals surface area contributed by atoms with Gasteiger partial charge in [0.05, 0.1) is 5.56 Å². The Balaban J connectivity index is 2.01. The molecule has 2 aromatic rings. The zero-order chi connectivity index (χ0) is 19.5. The molecule has 0 aliphatic rings. The number of H-pyrrole nitrogens is 2. The van der Waals surface area contributed by atoms with Gasteiger partial charge in [0, 0.05) is 6.04 Å². The number of nitrogens with one attached hydrogen (secondary N) is 3. The second kappa shape index (κ2) is 7.46. The van der Waals surface area contributed by atoms with Gasteiger partial charge in [0.1, 0.15) is 11.4 Å². The fourth-order valence-corrected chi connectivity index (χ4v) is 2.33. The molecule has 0 radical (unpaired) electrons. The summed E-state index contributed by atoms with van der Waals surface area (Å²) < 4.78 is 38.1. The van der Waals surface area contributed by atoms with Crippen molar-refractivity contribution in [2.24, 2.45) is 0 Å². The molecule has 26 heavy (non-hydrogen) atoms. The summed E-state index contributed by atoms with van der Waals surface area (Å²) in [4.78, 5) is 38.8. The smallest absolute Gasteiger partial charge is 0.392 e. The third-order valence-corrected chi connectivity index (χ3v) is 3.70. The van der Waals surface area contributed by atoms with Crippen molar-refractivity contribution in [2.45, 2.75) is 32.0 Å². The molecule has 10 heteroatoms. The van der Waals surface area contributed by atoms with Crippen molar-refractivity contribution in [3.63, 3.8) is 0 Å². The summed E-state index contributed by atoms with van der Waals surface area (Å²) in [5, 5.41) is 2.54. The maximum Gasteiger partial charge on any atom is 0.416 e. The van der Waals surface area contributed by atoms with Crippen molar-refractivity contribution in [1.82, 2.24) is 15.3 Å². The molecule has 2 rings (SSSR count). The van der Waals surface area contributed by atoms with Crippen LogP contribution in [0.2, 0.25) is 0 Å². The van der Waals surface area contributed by atoms with Gasteiger partial charge in [0.2, 0.25) is 0 Å². The fourth-order valence-electron chi connectivity index (χ4n) is 2.33. The molecule has 1 aromatic carbocycles. The van der Waals surface area contributed by atoms with Crippen LogP contribution < -0.4 is 22.3 Å². The molecule has 7 nitrogen and oxygen atoms in total. The summed E-state index contributed by atoms with van der Waals surface area (Å²) >= 11 is 0. The van der Waals surface area contributed by atoms with Crippen molar-refractivity contribution in [2.75, 3.05) is 5.73 Å². The summed E-state index contributed by atoms with van der Waals surface area (Å²) in [5.41, 5.74) is 2.68. The van der Waals surface area contributed by atoms with E-state index in [1.807, 2.05) is 4.98 Å². The van der Waals surface area contributed by atoms with Gasteiger partial charge in [-0.25, -0.2) is 4.79 Å². The van der Waals surface area contributed by atoms with Crippen molar-refractivity contribution in [3.8, 4) is 0 Å². The molecule has 1 heterocycles. The Labute approximate surface area is 145 Å². The largest absolute Gasteiger partial charge is 0.416 e. The van der Waals surface area contributed by atoms with Gasteiger partial charge >= 0.3 is 11.9 Å². The first-order chi connectivity index (χ1) is 12.1. The topological polar surface area (TPSA) is 121 Å². The average Bonchev–Trinajstić information content (AvgIpc) is 2.55. The number of nitrogen functional groups attached to an aromatic ring is 1. The van der Waals surface area contributed by atoms with E-state index >= 15 is 0 Å². The second-order valence-electron chi connectivity index (χ2n) is 5.81. The van der Waals surface area contributed by atoms with Crippen LogP contribution in [0.15, 0.2) is 33.9 Å². The van der Waals surface area contributed by atoms with E-state index in [1.54, 1.807) is 13.0 Å². The minimum Gasteiger partial charge on any atom is -0.392 e. The first-order valence-corrected chi connectivity index (χ1v) is 7.67. The van der Waals surface area contributed by atoms with E-state index in [0.717, 1.165) is 12.1 Å². The highest BCUT2D eigenvalue weighted by molar-refractivity contribution is 5.96. The number of benzene rings is 1. The molecule has 1 aromatic heterocycles. The van der Waals surface area contributed by atoms with Gasteiger partial charge in [-0.15, -0.1) is 0 Å². The number of aromatic amines is 2. The number of aryl methyl sites for hydroxylation is 1. The standard InChI is InChI=1S/C16H17F3N4O3/c1-8(5-6-9-3-2-4-10(7-9)16(17,18)19)21-14(25)12-11(20)13(24)23-15(26)22-12/h2-4,7-8H,5-6,20H2,1H3,(H,21,25)(H2,22,23,24,26). The third kappa shape index (κ3) is 4.74. The van der Waals surface area contributed by atoms with Crippen LogP contribution in [0.3, 0.4) is 0 Å². The van der Waals surface area contributed by atoms with E-state index in [9.17, 15) is 27.6 Å². The Hall–Kier alpha value is -3.04. The molecule has 0 aliphatic heterocycles. The predicted molar refractivity (Wildman–Crippen MR) is 88.8 cm³/mol. The summed E-state index contributed by atoms with van der Waals surface area (Å²) in [6.45, 7) is 1.65. The van der Waals surface area contributed by atoms with Gasteiger partial charge in [-0.1, -0.05) is 18.2 Å². The summed E-state index contributed by atoms with van der Waals surface area (Å²) in [6, 6.07) is 4.50. The Bertz CT molecular complexity index is 918. The van der Waals surface area contributed by atoms with E-state index in [0.29, 0.717) is 18.4 Å². The number of carbonyl (C=O) groups is 1. The number of halogens is 3. The molecule has 1 atom stereocenters. The normalized spacial score (nSPS) is 12.6. The SMILES string of the molecule is CC(CCc1cccc(C(F)(F)F)c1)NC(=O)c1[nH]c(=O)[nH]c(=O)c1N. The van der Waals surface area contributed by atoms with E-state index in [-0.39, 0.29) is 5.69 Å². The number of carbonyl (C=O) groups excluding carboxylic acids is 1. The van der Waals surface area contributed by atoms with Crippen LogP contribution in [0.4, 0.5) is 18.9 Å². The summed E-state index contributed by atoms with van der Waals surface area (Å²) in [6.07, 6.45) is -3.77. The van der Waals surface area contributed by atoms with E-state index < -0.39 is 40.6 Å². The lowest BCUT2D eigenvalue weighted by atomic mass is 10.0. The quantitative estimate of drug-likeness (QED) is 0.636. The highest BCUT2D eigenvalue weighted by Crippen LogP contribution is 2.29. The number of nitrogens with two attached hydrogens (primary N) is 1. The van der Waals surface area contributed by atoms with Gasteiger partial charge in [-0.05, 0) is 31.4 Å². The third-order valence-electron chi connectivity index (χ3n) is 3.70.